The Labute approximate surface area is 152 Å². The minimum absolute atomic E-state index is 0.242. The summed E-state index contributed by atoms with van der Waals surface area (Å²) in [5.41, 5.74) is 3.86. The van der Waals surface area contributed by atoms with Crippen LogP contribution in [0, 0.1) is 12.7 Å². The van der Waals surface area contributed by atoms with Crippen molar-refractivity contribution in [3.63, 3.8) is 0 Å². The highest BCUT2D eigenvalue weighted by molar-refractivity contribution is 7.14. The summed E-state index contributed by atoms with van der Waals surface area (Å²) in [5, 5.41) is 6.40. The van der Waals surface area contributed by atoms with Crippen molar-refractivity contribution in [1.29, 1.82) is 0 Å². The number of thiazole rings is 1. The normalized spacial score (nSPS) is 11.2. The van der Waals surface area contributed by atoms with Gasteiger partial charge < -0.3 is 9.88 Å². The Morgan fingerprint density at radius 1 is 1.16 bits per heavy atom. The third-order valence-electron chi connectivity index (χ3n) is 4.00. The Bertz CT molecular complexity index is 1090. The maximum atomic E-state index is 13.7. The van der Waals surface area contributed by atoms with E-state index in [9.17, 15) is 4.39 Å². The van der Waals surface area contributed by atoms with E-state index in [1.54, 1.807) is 13.0 Å². The number of anilines is 2. The first-order chi connectivity index (χ1) is 12.0. The highest BCUT2D eigenvalue weighted by Crippen LogP contribution is 2.29. The van der Waals surface area contributed by atoms with Gasteiger partial charge in [-0.3, -0.25) is 0 Å². The van der Waals surface area contributed by atoms with Gasteiger partial charge in [0.05, 0.1) is 11.0 Å². The number of fused-ring (bicyclic) bond motifs is 1. The lowest BCUT2D eigenvalue weighted by Crippen LogP contribution is -1.94. The molecule has 0 unspecified atom stereocenters. The van der Waals surface area contributed by atoms with E-state index < -0.39 is 0 Å². The predicted molar refractivity (Wildman–Crippen MR) is 101 cm³/mol. The van der Waals surface area contributed by atoms with Crippen LogP contribution in [0.1, 0.15) is 5.56 Å². The van der Waals surface area contributed by atoms with Crippen LogP contribution in [0.2, 0.25) is 5.02 Å². The Balaban J connectivity index is 1.67. The highest BCUT2D eigenvalue weighted by atomic mass is 35.5. The monoisotopic (exact) mass is 372 g/mol. The third-order valence-corrected chi connectivity index (χ3v) is 4.99. The molecule has 4 nitrogen and oxygen atoms in total. The number of hydrogen-bond donors (Lipinski definition) is 1. The molecule has 0 saturated heterocycles. The number of imidazole rings is 1. The van der Waals surface area contributed by atoms with Gasteiger partial charge in [0.15, 0.2) is 11.0 Å². The van der Waals surface area contributed by atoms with Gasteiger partial charge in [0.2, 0.25) is 0 Å². The molecular weight excluding hydrogens is 359 g/mol. The van der Waals surface area contributed by atoms with Crippen LogP contribution in [0.25, 0.3) is 22.6 Å². The van der Waals surface area contributed by atoms with Gasteiger partial charge >= 0.3 is 0 Å². The summed E-state index contributed by atoms with van der Waals surface area (Å²) in [6.07, 6.45) is 0. The van der Waals surface area contributed by atoms with Crippen molar-refractivity contribution in [3.05, 3.63) is 58.2 Å². The smallest absolute Gasteiger partial charge is 0.187 e. The number of aryl methyl sites for hydroxylation is 2. The first kappa shape index (κ1) is 16.1. The zero-order valence-electron chi connectivity index (χ0n) is 13.5. The largest absolute Gasteiger partial charge is 0.331 e. The summed E-state index contributed by atoms with van der Waals surface area (Å²) >= 11 is 7.49. The maximum Gasteiger partial charge on any atom is 0.187 e. The zero-order chi connectivity index (χ0) is 17.6. The molecule has 0 atom stereocenters. The molecule has 7 heteroatoms. The average Bonchev–Trinajstić information content (AvgIpc) is 3.15. The van der Waals surface area contributed by atoms with E-state index in [1.807, 2.05) is 41.3 Å². The summed E-state index contributed by atoms with van der Waals surface area (Å²) < 4.78 is 15.7. The first-order valence-corrected chi connectivity index (χ1v) is 8.88. The van der Waals surface area contributed by atoms with Gasteiger partial charge in [0.25, 0.3) is 0 Å². The van der Waals surface area contributed by atoms with Crippen molar-refractivity contribution in [2.24, 2.45) is 7.05 Å². The lowest BCUT2D eigenvalue weighted by Gasteiger charge is -2.04. The van der Waals surface area contributed by atoms with Gasteiger partial charge in [-0.25, -0.2) is 14.4 Å². The molecule has 0 spiro atoms. The van der Waals surface area contributed by atoms with Crippen LogP contribution in [0.4, 0.5) is 15.2 Å². The number of aromatic nitrogens is 3. The minimum atomic E-state index is -0.242. The molecule has 0 aliphatic heterocycles. The van der Waals surface area contributed by atoms with Gasteiger partial charge in [-0.2, -0.15) is 0 Å². The first-order valence-electron chi connectivity index (χ1n) is 7.62. The van der Waals surface area contributed by atoms with E-state index in [1.165, 1.54) is 17.4 Å². The van der Waals surface area contributed by atoms with Crippen LogP contribution in [0.15, 0.2) is 41.8 Å². The molecule has 2 aromatic carbocycles. The third kappa shape index (κ3) is 2.99. The molecule has 0 bridgehead atoms. The van der Waals surface area contributed by atoms with E-state index in [0.717, 1.165) is 22.6 Å². The molecule has 0 aliphatic carbocycles. The fourth-order valence-electron chi connectivity index (χ4n) is 2.63. The maximum absolute atomic E-state index is 13.7. The van der Waals surface area contributed by atoms with Crippen LogP contribution in [-0.2, 0) is 7.05 Å². The molecule has 0 saturated carbocycles. The van der Waals surface area contributed by atoms with Crippen LogP contribution in [-0.4, -0.2) is 14.5 Å². The summed E-state index contributed by atoms with van der Waals surface area (Å²) in [5.74, 6) is 0.519. The molecule has 126 valence electrons. The number of halogens is 2. The van der Waals surface area contributed by atoms with Crippen LogP contribution < -0.4 is 5.32 Å². The molecular formula is C18H14ClFN4S. The number of benzene rings is 2. The Kier molecular flexibility index (Phi) is 3.94. The fourth-order valence-corrected chi connectivity index (χ4v) is 3.51. The Morgan fingerprint density at radius 3 is 2.80 bits per heavy atom. The van der Waals surface area contributed by atoms with Gasteiger partial charge in [0.1, 0.15) is 11.5 Å². The molecule has 0 radical (unpaired) electrons. The van der Waals surface area contributed by atoms with Crippen molar-refractivity contribution in [3.8, 4) is 11.5 Å². The standard InChI is InChI=1S/C18H14ClFN4S/c1-10-3-5-12(8-13(10)20)21-18-23-15(9-25-18)17-22-14-7-11(19)4-6-16(14)24(17)2/h3-9H,1-2H3,(H,21,23). The number of hydrogen-bond acceptors (Lipinski definition) is 4. The molecule has 2 aromatic heterocycles. The van der Waals surface area contributed by atoms with Crippen molar-refractivity contribution in [2.75, 3.05) is 5.32 Å². The lowest BCUT2D eigenvalue weighted by molar-refractivity contribution is 0.619. The summed E-state index contributed by atoms with van der Waals surface area (Å²) in [6.45, 7) is 1.73. The van der Waals surface area contributed by atoms with Crippen molar-refractivity contribution >= 4 is 44.8 Å². The molecule has 4 aromatic rings. The molecule has 25 heavy (non-hydrogen) atoms. The van der Waals surface area contributed by atoms with Gasteiger partial charge in [-0.1, -0.05) is 17.7 Å². The van der Waals surface area contributed by atoms with E-state index in [-0.39, 0.29) is 5.82 Å². The SMILES string of the molecule is Cc1ccc(Nc2nc(-c3nc4cc(Cl)ccc4n3C)cs2)cc1F. The zero-order valence-corrected chi connectivity index (χ0v) is 15.1. The van der Waals surface area contributed by atoms with E-state index in [2.05, 4.69) is 15.3 Å². The van der Waals surface area contributed by atoms with Gasteiger partial charge in [-0.05, 0) is 42.8 Å². The summed E-state index contributed by atoms with van der Waals surface area (Å²) in [4.78, 5) is 9.20. The predicted octanol–water partition coefficient (Wildman–Crippen LogP) is 5.54. The fraction of sp³-hybridized carbons (Fsp3) is 0.111. The number of rotatable bonds is 3. The van der Waals surface area contributed by atoms with Gasteiger partial charge in [-0.15, -0.1) is 11.3 Å². The lowest BCUT2D eigenvalue weighted by atomic mass is 10.2. The van der Waals surface area contributed by atoms with Gasteiger partial charge in [0, 0.05) is 23.1 Å². The van der Waals surface area contributed by atoms with E-state index in [4.69, 9.17) is 11.6 Å². The van der Waals surface area contributed by atoms with Crippen molar-refractivity contribution in [1.82, 2.24) is 14.5 Å². The second kappa shape index (κ2) is 6.13. The Morgan fingerprint density at radius 2 is 2.00 bits per heavy atom. The quantitative estimate of drug-likeness (QED) is 0.513. The minimum Gasteiger partial charge on any atom is -0.331 e. The number of nitrogens with one attached hydrogen (secondary N) is 1. The molecule has 0 aliphatic rings. The topological polar surface area (TPSA) is 42.7 Å². The molecule has 0 amide bonds. The summed E-state index contributed by atoms with van der Waals surface area (Å²) in [7, 11) is 1.94. The molecule has 0 fully saturated rings. The molecule has 1 N–H and O–H groups in total. The Hall–Kier alpha value is -2.44. The van der Waals surface area contributed by atoms with E-state index in [0.29, 0.717) is 21.4 Å². The highest BCUT2D eigenvalue weighted by Gasteiger charge is 2.13. The molecule has 2 heterocycles. The van der Waals surface area contributed by atoms with Crippen molar-refractivity contribution < 1.29 is 4.39 Å². The van der Waals surface area contributed by atoms with Crippen molar-refractivity contribution in [2.45, 2.75) is 6.92 Å². The van der Waals surface area contributed by atoms with Crippen LogP contribution >= 0.6 is 22.9 Å². The van der Waals surface area contributed by atoms with E-state index >= 15 is 0 Å². The van der Waals surface area contributed by atoms with Crippen LogP contribution in [0.5, 0.6) is 0 Å². The number of nitrogens with zero attached hydrogens (tertiary/aromatic N) is 3. The molecule has 4 rings (SSSR count). The second-order valence-electron chi connectivity index (χ2n) is 5.75. The van der Waals surface area contributed by atoms with Crippen LogP contribution in [0.3, 0.4) is 0 Å². The average molecular weight is 373 g/mol. The summed E-state index contributed by atoms with van der Waals surface area (Å²) in [6, 6.07) is 10.6. The second-order valence-corrected chi connectivity index (χ2v) is 7.05.